The largest absolute Gasteiger partial charge is 0.519 e. The van der Waals surface area contributed by atoms with Crippen LogP contribution in [0.5, 0.6) is 0 Å². The highest BCUT2D eigenvalue weighted by Gasteiger charge is 2.53. The van der Waals surface area contributed by atoms with E-state index >= 15 is 0 Å². The van der Waals surface area contributed by atoms with Gasteiger partial charge in [0.1, 0.15) is 27.8 Å². The summed E-state index contributed by atoms with van der Waals surface area (Å²) >= 11 is 0. The number of fused-ring (bicyclic) bond motifs is 15. The number of nitrogens with zero attached hydrogens (tertiary/aromatic N) is 8. The smallest absolute Gasteiger partial charge is 0.344 e. The van der Waals surface area contributed by atoms with Gasteiger partial charge in [0.25, 0.3) is 0 Å². The predicted molar refractivity (Wildman–Crippen MR) is 243 cm³/mol. The van der Waals surface area contributed by atoms with E-state index in [0.29, 0.717) is 0 Å². The highest BCUT2D eigenvalue weighted by atomic mass is 15.4. The van der Waals surface area contributed by atoms with Crippen LogP contribution in [0.15, 0.2) is 194 Å². The first-order chi connectivity index (χ1) is 29.8. The molecule has 60 heavy (non-hydrogen) atoms. The maximum atomic E-state index is 5.28. The zero-order chi connectivity index (χ0) is 39.1. The van der Waals surface area contributed by atoms with Crippen LogP contribution in [0.2, 0.25) is 0 Å². The van der Waals surface area contributed by atoms with Gasteiger partial charge in [-0.05, 0) is 115 Å². The first-order valence-corrected chi connectivity index (χ1v) is 20.4. The minimum Gasteiger partial charge on any atom is -0.344 e. The number of hydrogen-bond donors (Lipinski definition) is 1. The van der Waals surface area contributed by atoms with E-state index in [-0.39, 0.29) is 7.12 Å². The monoisotopic (exact) mass is 770 g/mol. The second-order valence-electron chi connectivity index (χ2n) is 15.7. The van der Waals surface area contributed by atoms with Gasteiger partial charge in [-0.2, -0.15) is 8.97 Å². The number of aromatic nitrogens is 6. The Balaban J connectivity index is 0.961. The highest BCUT2D eigenvalue weighted by molar-refractivity contribution is 6.80. The third kappa shape index (κ3) is 4.11. The fourth-order valence-electron chi connectivity index (χ4n) is 10.1. The minimum absolute atomic E-state index is 0.143. The zero-order valence-corrected chi connectivity index (χ0v) is 32.1. The standard InChI is InChI=1S/C50H32BN9/c1-2-14-35(15-3-1)58-44-22-10-12-24-46(44)60-47-25-13-11-23-45(47)59(51(58)60)36-30-31-43-48(32-36)57-40-19-7-5-17-38(40)53-50(57)55(43)34-28-26-33(27-29-34)54-41-20-8-9-21-42(41)56-39-18-6-4-16-37(39)52-49(54)56/h1-32H/p+1. The lowest BCUT2D eigenvalue weighted by molar-refractivity contribution is -0.540. The van der Waals surface area contributed by atoms with E-state index < -0.39 is 0 Å². The Labute approximate surface area is 343 Å². The van der Waals surface area contributed by atoms with Gasteiger partial charge in [0, 0.05) is 17.1 Å². The fraction of sp³-hybridized carbons (Fsp3) is 0. The van der Waals surface area contributed by atoms with Gasteiger partial charge in [-0.25, -0.2) is 9.97 Å². The molecule has 0 fully saturated rings. The van der Waals surface area contributed by atoms with E-state index in [1.165, 1.54) is 22.7 Å². The van der Waals surface area contributed by atoms with Gasteiger partial charge < -0.3 is 14.4 Å². The lowest BCUT2D eigenvalue weighted by Gasteiger charge is -2.31. The van der Waals surface area contributed by atoms with Crippen LogP contribution >= 0.6 is 0 Å². The molecular weight excluding hydrogens is 737 g/mol. The lowest BCUT2D eigenvalue weighted by Crippen LogP contribution is -2.51. The van der Waals surface area contributed by atoms with Gasteiger partial charge in [-0.3, -0.25) is 8.97 Å². The summed E-state index contributed by atoms with van der Waals surface area (Å²) in [6.07, 6.45) is 0. The average molecular weight is 771 g/mol. The van der Waals surface area contributed by atoms with Crippen molar-refractivity contribution in [1.29, 1.82) is 0 Å². The number of imidazole rings is 4. The van der Waals surface area contributed by atoms with Crippen molar-refractivity contribution in [3.05, 3.63) is 194 Å². The first-order valence-electron chi connectivity index (χ1n) is 20.4. The van der Waals surface area contributed by atoms with E-state index in [9.17, 15) is 0 Å². The molecule has 9 nitrogen and oxygen atoms in total. The molecule has 2 aliphatic rings. The summed E-state index contributed by atoms with van der Waals surface area (Å²) in [7, 11) is -0.143. The molecule has 0 spiro atoms. The minimum atomic E-state index is -0.143. The average Bonchev–Trinajstić information content (AvgIpc) is 4.14. The summed E-state index contributed by atoms with van der Waals surface area (Å²) in [5.74, 6) is 1.89. The third-order valence-electron chi connectivity index (χ3n) is 12.5. The van der Waals surface area contributed by atoms with Crippen molar-refractivity contribution in [2.24, 2.45) is 0 Å². The van der Waals surface area contributed by atoms with Crippen LogP contribution in [0.25, 0.3) is 67.1 Å². The van der Waals surface area contributed by atoms with Crippen LogP contribution in [-0.2, 0) is 0 Å². The second-order valence-corrected chi connectivity index (χ2v) is 15.7. The Morgan fingerprint density at radius 2 is 1.03 bits per heavy atom. The summed E-state index contributed by atoms with van der Waals surface area (Å²) in [5.41, 5.74) is 17.8. The van der Waals surface area contributed by atoms with Crippen LogP contribution < -0.4 is 19.0 Å². The van der Waals surface area contributed by atoms with Gasteiger partial charge >= 0.3 is 12.9 Å². The molecule has 0 aliphatic carbocycles. The van der Waals surface area contributed by atoms with E-state index in [1.54, 1.807) is 0 Å². The Hall–Kier alpha value is -8.24. The fourth-order valence-corrected chi connectivity index (χ4v) is 10.1. The van der Waals surface area contributed by atoms with Crippen molar-refractivity contribution in [3.8, 4) is 11.4 Å². The molecule has 280 valence electrons. The van der Waals surface area contributed by atoms with Crippen molar-refractivity contribution < 1.29 is 4.57 Å². The Bertz CT molecular complexity index is 3700. The molecule has 0 saturated heterocycles. The van der Waals surface area contributed by atoms with E-state index in [4.69, 9.17) is 4.98 Å². The third-order valence-corrected chi connectivity index (χ3v) is 12.5. The highest BCUT2D eigenvalue weighted by Crippen LogP contribution is 2.55. The molecule has 8 aromatic carbocycles. The number of H-pyrrole nitrogens is 1. The summed E-state index contributed by atoms with van der Waals surface area (Å²) in [6.45, 7) is 0. The number of anilines is 6. The van der Waals surface area contributed by atoms with Crippen LogP contribution in [0, 0.1) is 0 Å². The zero-order valence-electron chi connectivity index (χ0n) is 32.1. The molecule has 0 amide bonds. The normalized spacial score (nSPS) is 13.5. The molecular formula is C50H33BN9+. The molecule has 10 heteroatoms. The van der Waals surface area contributed by atoms with E-state index in [1.807, 2.05) is 0 Å². The maximum Gasteiger partial charge on any atom is 0.519 e. The predicted octanol–water partition coefficient (Wildman–Crippen LogP) is 11.0. The quantitative estimate of drug-likeness (QED) is 0.143. The molecule has 4 aromatic heterocycles. The molecule has 0 radical (unpaired) electrons. The van der Waals surface area contributed by atoms with Gasteiger partial charge in [0.15, 0.2) is 0 Å². The number of aromatic amines is 1. The summed E-state index contributed by atoms with van der Waals surface area (Å²) < 4.78 is 9.26. The van der Waals surface area contributed by atoms with Crippen molar-refractivity contribution in [1.82, 2.24) is 23.3 Å². The lowest BCUT2D eigenvalue weighted by atomic mass is 9.86. The summed E-state index contributed by atoms with van der Waals surface area (Å²) in [5, 5.41) is 0. The van der Waals surface area contributed by atoms with Gasteiger partial charge in [-0.1, -0.05) is 78.9 Å². The molecule has 6 heterocycles. The number of hydrogen-bond acceptors (Lipinski definition) is 4. The molecule has 0 atom stereocenters. The van der Waals surface area contributed by atoms with Crippen LogP contribution in [0.3, 0.4) is 0 Å². The molecule has 12 aromatic rings. The number of rotatable bonds is 4. The summed E-state index contributed by atoms with van der Waals surface area (Å²) in [4.78, 5) is 16.4. The van der Waals surface area contributed by atoms with E-state index in [2.05, 4.69) is 231 Å². The van der Waals surface area contributed by atoms with Gasteiger partial charge in [-0.15, -0.1) is 0 Å². The first kappa shape index (κ1) is 31.8. The van der Waals surface area contributed by atoms with Crippen molar-refractivity contribution >= 4 is 96.9 Å². The van der Waals surface area contributed by atoms with Crippen molar-refractivity contribution in [2.75, 3.05) is 14.4 Å². The molecule has 14 rings (SSSR count). The Morgan fingerprint density at radius 1 is 0.433 bits per heavy atom. The molecule has 0 saturated carbocycles. The Kier molecular flexibility index (Phi) is 6.19. The molecule has 0 unspecified atom stereocenters. The molecule has 1 N–H and O–H groups in total. The molecule has 0 bridgehead atoms. The topological polar surface area (TPSA) is 56.0 Å². The number of benzene rings is 8. The van der Waals surface area contributed by atoms with Gasteiger partial charge in [0.2, 0.25) is 5.78 Å². The van der Waals surface area contributed by atoms with Crippen LogP contribution in [-0.4, -0.2) is 30.5 Å². The number of nitrogens with one attached hydrogen (secondary N) is 1. The number of para-hydroxylation sites is 11. The SMILES string of the molecule is c1ccc(N2B3N(c4ccc5c(c4)n4c6ccccc6nc4n5-c4ccc(-[n+]5c6ccccc6n6c7ccccc7[nH]c65)cc4)c4ccccc4N3c3ccccc32)cc1. The van der Waals surface area contributed by atoms with E-state index in [0.717, 1.165) is 78.4 Å². The second kappa shape index (κ2) is 11.7. The maximum absolute atomic E-state index is 5.28. The van der Waals surface area contributed by atoms with Gasteiger partial charge in [0.05, 0.1) is 44.8 Å². The van der Waals surface area contributed by atoms with Crippen molar-refractivity contribution in [2.45, 2.75) is 0 Å². The summed E-state index contributed by atoms with van der Waals surface area (Å²) in [6, 6.07) is 69.6. The van der Waals surface area contributed by atoms with Crippen LogP contribution in [0.4, 0.5) is 34.1 Å². The van der Waals surface area contributed by atoms with Crippen LogP contribution in [0.1, 0.15) is 0 Å². The Morgan fingerprint density at radius 3 is 1.80 bits per heavy atom. The molecule has 2 aliphatic heterocycles. The van der Waals surface area contributed by atoms with Crippen molar-refractivity contribution in [3.63, 3.8) is 0 Å².